The van der Waals surface area contributed by atoms with Crippen LogP contribution in [-0.2, 0) is 6.54 Å². The first-order valence-electron chi connectivity index (χ1n) is 12.7. The van der Waals surface area contributed by atoms with Crippen molar-refractivity contribution in [2.45, 2.75) is 31.5 Å². The van der Waals surface area contributed by atoms with E-state index in [1.807, 2.05) is 17.0 Å². The maximum absolute atomic E-state index is 15.6. The summed E-state index contributed by atoms with van der Waals surface area (Å²) in [4.78, 5) is 28.8. The normalized spacial score (nSPS) is 20.0. The number of hydrogen-bond acceptors (Lipinski definition) is 9. The van der Waals surface area contributed by atoms with Crippen LogP contribution in [-0.4, -0.2) is 72.1 Å². The smallest absolute Gasteiger partial charge is 0.341 e. The number of hydrazone groups is 1. The molecule has 4 heterocycles. The lowest BCUT2D eigenvalue weighted by molar-refractivity contribution is 0.0694. The number of nitrogens with zero attached hydrogens (tertiary/aromatic N) is 4. The first-order valence-corrected chi connectivity index (χ1v) is 12.7. The van der Waals surface area contributed by atoms with Crippen molar-refractivity contribution in [3.05, 3.63) is 57.5 Å². The molecule has 1 unspecified atom stereocenters. The van der Waals surface area contributed by atoms with Gasteiger partial charge in [-0.05, 0) is 31.0 Å². The molecule has 2 aliphatic heterocycles. The lowest BCUT2D eigenvalue weighted by Gasteiger charge is -2.36. The minimum absolute atomic E-state index is 0.0175. The van der Waals surface area contributed by atoms with Crippen LogP contribution in [0, 0.1) is 5.82 Å². The third kappa shape index (κ3) is 4.19. The van der Waals surface area contributed by atoms with E-state index in [1.165, 1.54) is 13.3 Å². The van der Waals surface area contributed by atoms with Crippen LogP contribution >= 0.6 is 0 Å². The number of fused-ring (bicyclic) bond motifs is 1. The minimum Gasteiger partial charge on any atom is -0.492 e. The number of methoxy groups -OCH3 is 1. The standard InChI is InChI=1S/C26H29FN6O5/c1-37-25-22-16(24(34)17(26(35)36)13-33(22)14-2-3-14)10-18(27)23(25)32-8-6-31(7-9-32)12-15-4-5-20(38-15)21-19(28)11-29-30-21/h4-5,10,13-14,19,29H,2-3,6-9,11-12,28H2,1H3,(H,35,36). The van der Waals surface area contributed by atoms with Gasteiger partial charge in [0, 0.05) is 38.4 Å². The number of carboxylic acids is 1. The van der Waals surface area contributed by atoms with E-state index in [4.69, 9.17) is 14.9 Å². The SMILES string of the molecule is COc1c(N2CCN(Cc3ccc(C4=NNCC4N)o3)CC2)c(F)cc2c(=O)c(C(=O)O)cn(C3CC3)c12. The number of aromatic nitrogens is 1. The summed E-state index contributed by atoms with van der Waals surface area (Å²) in [6.07, 6.45) is 3.08. The fraction of sp³-hybridized carbons (Fsp3) is 0.423. The topological polar surface area (TPSA) is 139 Å². The van der Waals surface area contributed by atoms with Gasteiger partial charge in [0.05, 0.1) is 37.1 Å². The number of rotatable bonds is 7. The number of piperazine rings is 1. The Kier molecular flexibility index (Phi) is 6.07. The van der Waals surface area contributed by atoms with Crippen LogP contribution in [0.5, 0.6) is 5.75 Å². The van der Waals surface area contributed by atoms with E-state index in [0.717, 1.165) is 24.7 Å². The summed E-state index contributed by atoms with van der Waals surface area (Å²) in [5, 5.41) is 13.8. The van der Waals surface area contributed by atoms with Crippen molar-refractivity contribution < 1.29 is 23.4 Å². The van der Waals surface area contributed by atoms with Crippen molar-refractivity contribution in [3.63, 3.8) is 0 Å². The van der Waals surface area contributed by atoms with Crippen LogP contribution in [0.3, 0.4) is 0 Å². The highest BCUT2D eigenvalue weighted by Gasteiger charge is 2.32. The number of carboxylic acid groups (broad SMARTS) is 1. The molecular weight excluding hydrogens is 495 g/mol. The summed E-state index contributed by atoms with van der Waals surface area (Å²) in [5.74, 6) is -0.223. The fourth-order valence-electron chi connectivity index (χ4n) is 5.32. The molecule has 1 saturated carbocycles. The Hall–Kier alpha value is -3.90. The van der Waals surface area contributed by atoms with E-state index >= 15 is 4.39 Å². The van der Waals surface area contributed by atoms with Crippen LogP contribution in [0.25, 0.3) is 10.9 Å². The van der Waals surface area contributed by atoms with Gasteiger partial charge in [-0.25, -0.2) is 9.18 Å². The molecule has 2 aromatic heterocycles. The third-order valence-corrected chi connectivity index (χ3v) is 7.42. The average Bonchev–Trinajstić information content (AvgIpc) is 3.50. The molecule has 0 bridgehead atoms. The molecule has 3 aromatic rings. The summed E-state index contributed by atoms with van der Waals surface area (Å²) in [7, 11) is 1.45. The van der Waals surface area contributed by atoms with Gasteiger partial charge in [0.2, 0.25) is 5.43 Å². The lowest BCUT2D eigenvalue weighted by Crippen LogP contribution is -2.46. The molecule has 1 atom stereocenters. The monoisotopic (exact) mass is 524 g/mol. The van der Waals surface area contributed by atoms with Gasteiger partial charge in [0.25, 0.3) is 0 Å². The summed E-state index contributed by atoms with van der Waals surface area (Å²) in [6, 6.07) is 4.81. The number of benzene rings is 1. The van der Waals surface area contributed by atoms with Crippen LogP contribution in [0.2, 0.25) is 0 Å². The first-order chi connectivity index (χ1) is 18.4. The predicted octanol–water partition coefficient (Wildman–Crippen LogP) is 1.73. The maximum atomic E-state index is 15.6. The number of ether oxygens (including phenoxy) is 1. The van der Waals surface area contributed by atoms with E-state index in [9.17, 15) is 14.7 Å². The van der Waals surface area contributed by atoms with Crippen molar-refractivity contribution in [1.82, 2.24) is 14.9 Å². The molecule has 0 spiro atoms. The van der Waals surface area contributed by atoms with Gasteiger partial charge < -0.3 is 34.9 Å². The largest absolute Gasteiger partial charge is 0.492 e. The molecular formula is C26H29FN6O5. The second kappa shape index (κ2) is 9.44. The maximum Gasteiger partial charge on any atom is 0.341 e. The summed E-state index contributed by atoms with van der Waals surface area (Å²) >= 11 is 0. The average molecular weight is 525 g/mol. The number of hydrogen-bond donors (Lipinski definition) is 3. The zero-order valence-electron chi connectivity index (χ0n) is 20.9. The molecule has 0 amide bonds. The molecule has 1 aliphatic carbocycles. The number of aromatic carboxylic acids is 1. The van der Waals surface area contributed by atoms with E-state index < -0.39 is 17.2 Å². The molecule has 12 heteroatoms. The lowest BCUT2D eigenvalue weighted by atomic mass is 10.1. The van der Waals surface area contributed by atoms with Gasteiger partial charge in [-0.1, -0.05) is 0 Å². The van der Waals surface area contributed by atoms with Gasteiger partial charge in [-0.2, -0.15) is 5.10 Å². The molecule has 3 aliphatic rings. The highest BCUT2D eigenvalue weighted by Crippen LogP contribution is 2.43. The zero-order chi connectivity index (χ0) is 26.6. The van der Waals surface area contributed by atoms with Crippen molar-refractivity contribution in [2.24, 2.45) is 10.8 Å². The Morgan fingerprint density at radius 3 is 2.68 bits per heavy atom. The van der Waals surface area contributed by atoms with Crippen LogP contribution in [0.1, 0.15) is 40.8 Å². The van der Waals surface area contributed by atoms with Crippen molar-refractivity contribution in [2.75, 3.05) is 44.7 Å². The fourth-order valence-corrected chi connectivity index (χ4v) is 5.32. The highest BCUT2D eigenvalue weighted by atomic mass is 19.1. The molecule has 0 radical (unpaired) electrons. The van der Waals surface area contributed by atoms with Gasteiger partial charge in [0.1, 0.15) is 22.7 Å². The number of furan rings is 1. The summed E-state index contributed by atoms with van der Waals surface area (Å²) in [6.45, 7) is 3.57. The van der Waals surface area contributed by atoms with Gasteiger partial charge in [0.15, 0.2) is 17.3 Å². The minimum atomic E-state index is -1.33. The first kappa shape index (κ1) is 24.4. The Labute approximate surface area is 217 Å². The molecule has 11 nitrogen and oxygen atoms in total. The van der Waals surface area contributed by atoms with E-state index in [-0.39, 0.29) is 34.5 Å². The highest BCUT2D eigenvalue weighted by molar-refractivity contribution is 6.03. The Balaban J connectivity index is 1.26. The molecule has 4 N–H and O–H groups in total. The Bertz CT molecular complexity index is 1500. The second-order valence-corrected chi connectivity index (χ2v) is 9.95. The van der Waals surface area contributed by atoms with Gasteiger partial charge >= 0.3 is 5.97 Å². The number of nitrogens with one attached hydrogen (secondary N) is 1. The molecule has 38 heavy (non-hydrogen) atoms. The zero-order valence-corrected chi connectivity index (χ0v) is 20.9. The van der Waals surface area contributed by atoms with Gasteiger partial charge in [-0.3, -0.25) is 9.69 Å². The Morgan fingerprint density at radius 1 is 1.29 bits per heavy atom. The van der Waals surface area contributed by atoms with Crippen molar-refractivity contribution >= 4 is 28.3 Å². The number of halogens is 1. The van der Waals surface area contributed by atoms with E-state index in [1.54, 1.807) is 4.57 Å². The van der Waals surface area contributed by atoms with E-state index in [2.05, 4.69) is 15.4 Å². The predicted molar refractivity (Wildman–Crippen MR) is 139 cm³/mol. The number of anilines is 1. The van der Waals surface area contributed by atoms with E-state index in [0.29, 0.717) is 56.3 Å². The quantitative estimate of drug-likeness (QED) is 0.422. The number of pyridine rings is 1. The summed E-state index contributed by atoms with van der Waals surface area (Å²) < 4.78 is 29.0. The van der Waals surface area contributed by atoms with Crippen molar-refractivity contribution in [1.29, 1.82) is 0 Å². The second-order valence-electron chi connectivity index (χ2n) is 9.95. The molecule has 1 aromatic carbocycles. The number of carbonyl (C=O) groups is 1. The summed E-state index contributed by atoms with van der Waals surface area (Å²) in [5.41, 5.74) is 9.29. The molecule has 200 valence electrons. The van der Waals surface area contributed by atoms with Crippen molar-refractivity contribution in [3.8, 4) is 5.75 Å². The molecule has 2 fully saturated rings. The van der Waals surface area contributed by atoms with Crippen LogP contribution in [0.15, 0.2) is 38.7 Å². The number of nitrogens with two attached hydrogens (primary N) is 1. The third-order valence-electron chi connectivity index (χ3n) is 7.42. The van der Waals surface area contributed by atoms with Gasteiger partial charge in [-0.15, -0.1) is 0 Å². The van der Waals surface area contributed by atoms with Crippen LogP contribution < -0.4 is 26.2 Å². The molecule has 6 rings (SSSR count). The Morgan fingerprint density at radius 2 is 2.05 bits per heavy atom. The molecule has 1 saturated heterocycles. The van der Waals surface area contributed by atoms with Crippen LogP contribution in [0.4, 0.5) is 10.1 Å².